The van der Waals surface area contributed by atoms with Gasteiger partial charge in [0.15, 0.2) is 0 Å². The highest BCUT2D eigenvalue weighted by Gasteiger charge is 2.30. The Morgan fingerprint density at radius 1 is 1.47 bits per heavy atom. The maximum absolute atomic E-state index is 11.8. The van der Waals surface area contributed by atoms with Crippen molar-refractivity contribution in [1.29, 1.82) is 0 Å². The number of pyridine rings is 1. The van der Waals surface area contributed by atoms with Gasteiger partial charge in [-0.2, -0.15) is 12.7 Å². The van der Waals surface area contributed by atoms with Crippen LogP contribution in [0.1, 0.15) is 5.56 Å². The number of rotatable bonds is 3. The summed E-state index contributed by atoms with van der Waals surface area (Å²) >= 11 is 0. The lowest BCUT2D eigenvalue weighted by Gasteiger charge is -2.31. The SMILES string of the molecule is NCC1CNS(=O)(=O)N(Cc2ccncc2)C1. The van der Waals surface area contributed by atoms with Crippen molar-refractivity contribution in [2.45, 2.75) is 6.54 Å². The Bertz CT molecular complexity index is 462. The number of hydrogen-bond acceptors (Lipinski definition) is 4. The van der Waals surface area contributed by atoms with E-state index < -0.39 is 10.2 Å². The third-order valence-corrected chi connectivity index (χ3v) is 4.29. The van der Waals surface area contributed by atoms with E-state index in [1.165, 1.54) is 4.31 Å². The molecule has 1 unspecified atom stereocenters. The zero-order chi connectivity index (χ0) is 12.3. The van der Waals surface area contributed by atoms with Crippen LogP contribution in [0.15, 0.2) is 24.5 Å². The molecular weight excluding hydrogens is 240 g/mol. The molecule has 94 valence electrons. The fourth-order valence-electron chi connectivity index (χ4n) is 1.76. The maximum Gasteiger partial charge on any atom is 0.279 e. The van der Waals surface area contributed by atoms with Crippen LogP contribution < -0.4 is 10.5 Å². The van der Waals surface area contributed by atoms with Crippen molar-refractivity contribution in [2.75, 3.05) is 19.6 Å². The van der Waals surface area contributed by atoms with Gasteiger partial charge < -0.3 is 5.73 Å². The minimum Gasteiger partial charge on any atom is -0.330 e. The van der Waals surface area contributed by atoms with Crippen molar-refractivity contribution in [3.05, 3.63) is 30.1 Å². The molecule has 0 saturated carbocycles. The van der Waals surface area contributed by atoms with Gasteiger partial charge in [0.1, 0.15) is 0 Å². The predicted molar refractivity (Wildman–Crippen MR) is 64.1 cm³/mol. The van der Waals surface area contributed by atoms with Gasteiger partial charge in [-0.25, -0.2) is 4.72 Å². The Balaban J connectivity index is 2.12. The van der Waals surface area contributed by atoms with Crippen LogP contribution in [0.5, 0.6) is 0 Å². The predicted octanol–water partition coefficient (Wildman–Crippen LogP) is -0.693. The van der Waals surface area contributed by atoms with Crippen LogP contribution in [0.2, 0.25) is 0 Å². The number of nitrogens with one attached hydrogen (secondary N) is 1. The summed E-state index contributed by atoms with van der Waals surface area (Å²) < 4.78 is 27.6. The second-order valence-electron chi connectivity index (χ2n) is 4.10. The molecule has 1 aromatic rings. The quantitative estimate of drug-likeness (QED) is 0.749. The minimum atomic E-state index is -3.36. The highest BCUT2D eigenvalue weighted by molar-refractivity contribution is 7.87. The molecule has 0 aliphatic carbocycles. The third-order valence-electron chi connectivity index (χ3n) is 2.80. The van der Waals surface area contributed by atoms with Gasteiger partial charge in [0.05, 0.1) is 0 Å². The van der Waals surface area contributed by atoms with Crippen LogP contribution in [-0.4, -0.2) is 37.3 Å². The second kappa shape index (κ2) is 5.09. The highest BCUT2D eigenvalue weighted by Crippen LogP contribution is 2.14. The van der Waals surface area contributed by atoms with Crippen molar-refractivity contribution in [3.63, 3.8) is 0 Å². The Labute approximate surface area is 101 Å². The minimum absolute atomic E-state index is 0.167. The molecule has 1 aromatic heterocycles. The van der Waals surface area contributed by atoms with Crippen molar-refractivity contribution in [2.24, 2.45) is 11.7 Å². The number of nitrogens with zero attached hydrogens (tertiary/aromatic N) is 2. The van der Waals surface area contributed by atoms with Gasteiger partial charge >= 0.3 is 0 Å². The molecule has 1 aliphatic rings. The lowest BCUT2D eigenvalue weighted by atomic mass is 10.1. The molecule has 0 bridgehead atoms. The van der Waals surface area contributed by atoms with E-state index in [4.69, 9.17) is 5.73 Å². The van der Waals surface area contributed by atoms with Crippen LogP contribution in [0.3, 0.4) is 0 Å². The average Bonchev–Trinajstić information content (AvgIpc) is 2.33. The number of aromatic nitrogens is 1. The number of nitrogens with two attached hydrogens (primary N) is 1. The first-order valence-electron chi connectivity index (χ1n) is 5.45. The molecule has 6 nitrogen and oxygen atoms in total. The molecular formula is C10H16N4O2S. The van der Waals surface area contributed by atoms with Crippen molar-refractivity contribution in [3.8, 4) is 0 Å². The smallest absolute Gasteiger partial charge is 0.279 e. The van der Waals surface area contributed by atoms with Crippen LogP contribution in [0.25, 0.3) is 0 Å². The molecule has 0 spiro atoms. The van der Waals surface area contributed by atoms with Gasteiger partial charge in [0.2, 0.25) is 0 Å². The normalized spacial score (nSPS) is 24.6. The van der Waals surface area contributed by atoms with Crippen LogP contribution in [-0.2, 0) is 16.8 Å². The zero-order valence-corrected chi connectivity index (χ0v) is 10.2. The summed E-state index contributed by atoms with van der Waals surface area (Å²) in [5, 5.41) is 0. The van der Waals surface area contributed by atoms with E-state index in [1.807, 2.05) is 12.1 Å². The van der Waals surface area contributed by atoms with Crippen LogP contribution in [0, 0.1) is 5.92 Å². The van der Waals surface area contributed by atoms with Crippen molar-refractivity contribution >= 4 is 10.2 Å². The standard InChI is InChI=1S/C10H16N4O2S/c11-5-10-6-13-17(15,16)14(8-10)7-9-1-3-12-4-2-9/h1-4,10,13H,5-8,11H2. The van der Waals surface area contributed by atoms with Gasteiger partial charge in [-0.1, -0.05) is 0 Å². The molecule has 3 N–H and O–H groups in total. The summed E-state index contributed by atoms with van der Waals surface area (Å²) in [4.78, 5) is 3.90. The fourth-order valence-corrected chi connectivity index (χ4v) is 3.12. The Morgan fingerprint density at radius 2 is 2.18 bits per heavy atom. The zero-order valence-electron chi connectivity index (χ0n) is 9.41. The van der Waals surface area contributed by atoms with Gasteiger partial charge in [-0.05, 0) is 30.2 Å². The second-order valence-corrected chi connectivity index (χ2v) is 5.86. The fraction of sp³-hybridized carbons (Fsp3) is 0.500. The molecule has 0 radical (unpaired) electrons. The Kier molecular flexibility index (Phi) is 3.72. The summed E-state index contributed by atoms with van der Waals surface area (Å²) in [6.07, 6.45) is 3.31. The van der Waals surface area contributed by atoms with Crippen molar-refractivity contribution < 1.29 is 8.42 Å². The largest absolute Gasteiger partial charge is 0.330 e. The van der Waals surface area contributed by atoms with Crippen LogP contribution >= 0.6 is 0 Å². The average molecular weight is 256 g/mol. The monoisotopic (exact) mass is 256 g/mol. The lowest BCUT2D eigenvalue weighted by Crippen LogP contribution is -2.52. The molecule has 17 heavy (non-hydrogen) atoms. The maximum atomic E-state index is 11.8. The molecule has 7 heteroatoms. The molecule has 0 amide bonds. The third kappa shape index (κ3) is 3.01. The number of hydrogen-bond donors (Lipinski definition) is 2. The van der Waals surface area contributed by atoms with E-state index >= 15 is 0 Å². The molecule has 1 aliphatic heterocycles. The first-order valence-corrected chi connectivity index (χ1v) is 6.89. The molecule has 1 saturated heterocycles. The highest BCUT2D eigenvalue weighted by atomic mass is 32.2. The Morgan fingerprint density at radius 3 is 2.82 bits per heavy atom. The molecule has 2 heterocycles. The lowest BCUT2D eigenvalue weighted by molar-refractivity contribution is 0.306. The first kappa shape index (κ1) is 12.4. The van der Waals surface area contributed by atoms with Crippen molar-refractivity contribution in [1.82, 2.24) is 14.0 Å². The van der Waals surface area contributed by atoms with E-state index in [1.54, 1.807) is 12.4 Å². The van der Waals surface area contributed by atoms with Gasteiger partial charge in [-0.3, -0.25) is 4.98 Å². The van der Waals surface area contributed by atoms with Crippen LogP contribution in [0.4, 0.5) is 0 Å². The molecule has 2 rings (SSSR count). The summed E-state index contributed by atoms with van der Waals surface area (Å²) in [6, 6.07) is 3.61. The van der Waals surface area contributed by atoms with E-state index in [2.05, 4.69) is 9.71 Å². The van der Waals surface area contributed by atoms with Gasteiger partial charge in [0, 0.05) is 32.0 Å². The van der Waals surface area contributed by atoms with E-state index in [-0.39, 0.29) is 5.92 Å². The summed E-state index contributed by atoms with van der Waals surface area (Å²) in [5.74, 6) is 0.167. The molecule has 1 fully saturated rings. The van der Waals surface area contributed by atoms with Gasteiger partial charge in [0.25, 0.3) is 10.2 Å². The molecule has 0 aromatic carbocycles. The van der Waals surface area contributed by atoms with E-state index in [0.717, 1.165) is 5.56 Å². The topological polar surface area (TPSA) is 88.3 Å². The van der Waals surface area contributed by atoms with Gasteiger partial charge in [-0.15, -0.1) is 0 Å². The summed E-state index contributed by atoms with van der Waals surface area (Å²) in [7, 11) is -3.36. The first-order chi connectivity index (χ1) is 8.12. The van der Waals surface area contributed by atoms with E-state index in [0.29, 0.717) is 26.2 Å². The van der Waals surface area contributed by atoms with E-state index in [9.17, 15) is 8.42 Å². The summed E-state index contributed by atoms with van der Waals surface area (Å²) in [6.45, 7) is 1.73. The summed E-state index contributed by atoms with van der Waals surface area (Å²) in [5.41, 5.74) is 6.50. The Hall–Kier alpha value is -1.02. The molecule has 1 atom stereocenters.